The second kappa shape index (κ2) is 5.89. The van der Waals surface area contributed by atoms with E-state index in [-0.39, 0.29) is 10.9 Å². The highest BCUT2D eigenvalue weighted by atomic mass is 32.2. The maximum absolute atomic E-state index is 11.5. The van der Waals surface area contributed by atoms with Gasteiger partial charge < -0.3 is 11.1 Å². The zero-order valence-corrected chi connectivity index (χ0v) is 12.8. The molecule has 2 atom stereocenters. The topological polar surface area (TPSA) is 115 Å². The standard InChI is InChI=1S/C11H19N3O3S2/c1-7(6-18(3)15)14-10-4-9(12)5-11(8(10)2)19(13,16)17/h4-5,7,14H,6,12H2,1-3H3,(H2,13,16,17). The van der Waals surface area contributed by atoms with Crippen LogP contribution in [0.4, 0.5) is 11.4 Å². The first-order chi connectivity index (χ1) is 8.61. The van der Waals surface area contributed by atoms with Crippen molar-refractivity contribution in [3.05, 3.63) is 17.7 Å². The molecule has 5 N–H and O–H groups in total. The number of benzene rings is 1. The number of primary sulfonamides is 1. The summed E-state index contributed by atoms with van der Waals surface area (Å²) >= 11 is 0. The van der Waals surface area contributed by atoms with Crippen LogP contribution in [0.3, 0.4) is 0 Å². The average Bonchev–Trinajstić information content (AvgIpc) is 2.19. The number of rotatable bonds is 5. The molecule has 1 aromatic carbocycles. The summed E-state index contributed by atoms with van der Waals surface area (Å²) in [5, 5.41) is 8.25. The number of nitrogen functional groups attached to an aromatic ring is 1. The fourth-order valence-corrected chi connectivity index (χ4v) is 3.44. The van der Waals surface area contributed by atoms with Gasteiger partial charge in [-0.2, -0.15) is 0 Å². The van der Waals surface area contributed by atoms with E-state index in [9.17, 15) is 12.6 Å². The Hall–Kier alpha value is -1.12. The third-order valence-corrected chi connectivity index (χ3v) is 4.58. The predicted octanol–water partition coefficient (Wildman–Crippen LogP) is 0.404. The van der Waals surface area contributed by atoms with E-state index in [1.165, 1.54) is 6.07 Å². The quantitative estimate of drug-likeness (QED) is 0.681. The Bertz CT molecular complexity index is 599. The van der Waals surface area contributed by atoms with Gasteiger partial charge >= 0.3 is 0 Å². The molecule has 0 saturated heterocycles. The van der Waals surface area contributed by atoms with Crippen molar-refractivity contribution >= 4 is 32.2 Å². The molecule has 0 heterocycles. The van der Waals surface area contributed by atoms with Gasteiger partial charge in [0.25, 0.3) is 0 Å². The predicted molar refractivity (Wildman–Crippen MR) is 79.0 cm³/mol. The summed E-state index contributed by atoms with van der Waals surface area (Å²) in [4.78, 5) is -0.000166. The Morgan fingerprint density at radius 1 is 1.42 bits per heavy atom. The molecule has 1 aromatic rings. The maximum atomic E-state index is 11.5. The summed E-state index contributed by atoms with van der Waals surface area (Å²) in [5.74, 6) is 0.457. The monoisotopic (exact) mass is 305 g/mol. The smallest absolute Gasteiger partial charge is 0.238 e. The first kappa shape index (κ1) is 15.9. The Morgan fingerprint density at radius 3 is 2.47 bits per heavy atom. The van der Waals surface area contributed by atoms with Gasteiger partial charge in [0, 0.05) is 40.2 Å². The highest BCUT2D eigenvalue weighted by Crippen LogP contribution is 2.26. The van der Waals surface area contributed by atoms with E-state index in [4.69, 9.17) is 10.9 Å². The van der Waals surface area contributed by atoms with Crippen LogP contribution in [0.25, 0.3) is 0 Å². The van der Waals surface area contributed by atoms with E-state index in [0.717, 1.165) is 0 Å². The van der Waals surface area contributed by atoms with E-state index in [0.29, 0.717) is 22.7 Å². The van der Waals surface area contributed by atoms with Crippen molar-refractivity contribution in [2.75, 3.05) is 23.1 Å². The molecular weight excluding hydrogens is 286 g/mol. The molecule has 8 heteroatoms. The second-order valence-corrected chi connectivity index (χ2v) is 7.53. The van der Waals surface area contributed by atoms with Crippen LogP contribution in [-0.4, -0.2) is 30.7 Å². The molecular formula is C11H19N3O3S2. The van der Waals surface area contributed by atoms with Crippen molar-refractivity contribution in [2.24, 2.45) is 5.14 Å². The average molecular weight is 305 g/mol. The summed E-state index contributed by atoms with van der Waals surface area (Å²) in [6.45, 7) is 3.51. The van der Waals surface area contributed by atoms with Crippen molar-refractivity contribution in [2.45, 2.75) is 24.8 Å². The van der Waals surface area contributed by atoms with E-state index in [1.807, 2.05) is 6.92 Å². The minimum atomic E-state index is -3.82. The molecule has 0 fully saturated rings. The minimum Gasteiger partial charge on any atom is -0.399 e. The Labute approximate surface area is 116 Å². The van der Waals surface area contributed by atoms with Gasteiger partial charge in [-0.15, -0.1) is 0 Å². The first-order valence-corrected chi connectivity index (χ1v) is 8.88. The van der Waals surface area contributed by atoms with Gasteiger partial charge in [0.2, 0.25) is 10.0 Å². The van der Waals surface area contributed by atoms with Crippen molar-refractivity contribution in [1.82, 2.24) is 0 Å². The molecule has 0 aliphatic rings. The van der Waals surface area contributed by atoms with Crippen molar-refractivity contribution < 1.29 is 12.6 Å². The molecule has 1 rings (SSSR count). The number of hydrogen-bond donors (Lipinski definition) is 3. The SMILES string of the molecule is Cc1c(NC(C)CS(C)=O)cc(N)cc1S(N)(=O)=O. The van der Waals surface area contributed by atoms with Crippen molar-refractivity contribution in [1.29, 1.82) is 0 Å². The molecule has 0 amide bonds. The fraction of sp³-hybridized carbons (Fsp3) is 0.455. The Morgan fingerprint density at radius 2 is 2.00 bits per heavy atom. The molecule has 0 saturated carbocycles. The zero-order chi connectivity index (χ0) is 14.8. The van der Waals surface area contributed by atoms with Crippen LogP contribution in [-0.2, 0) is 20.8 Å². The van der Waals surface area contributed by atoms with Gasteiger partial charge in [0.15, 0.2) is 0 Å². The molecule has 0 bridgehead atoms. The van der Waals surface area contributed by atoms with E-state index < -0.39 is 20.8 Å². The lowest BCUT2D eigenvalue weighted by atomic mass is 10.1. The lowest BCUT2D eigenvalue weighted by molar-refractivity contribution is 0.597. The number of nitrogens with one attached hydrogen (secondary N) is 1. The molecule has 0 spiro atoms. The van der Waals surface area contributed by atoms with Crippen LogP contribution in [0.5, 0.6) is 0 Å². The van der Waals surface area contributed by atoms with Crippen LogP contribution in [0.1, 0.15) is 12.5 Å². The second-order valence-electron chi connectivity index (χ2n) is 4.52. The van der Waals surface area contributed by atoms with Gasteiger partial charge in [-0.25, -0.2) is 13.6 Å². The summed E-state index contributed by atoms with van der Waals surface area (Å²) in [6.07, 6.45) is 1.61. The van der Waals surface area contributed by atoms with Gasteiger partial charge in [-0.3, -0.25) is 4.21 Å². The summed E-state index contributed by atoms with van der Waals surface area (Å²) in [7, 11) is -4.76. The van der Waals surface area contributed by atoms with Gasteiger partial charge in [-0.1, -0.05) is 0 Å². The lowest BCUT2D eigenvalue weighted by Crippen LogP contribution is -2.23. The van der Waals surface area contributed by atoms with Crippen molar-refractivity contribution in [3.8, 4) is 0 Å². The summed E-state index contributed by atoms with van der Waals surface area (Å²) < 4.78 is 34.1. The molecule has 0 aliphatic heterocycles. The largest absolute Gasteiger partial charge is 0.399 e. The molecule has 108 valence electrons. The van der Waals surface area contributed by atoms with Gasteiger partial charge in [0.1, 0.15) is 0 Å². The normalized spacial score (nSPS) is 14.9. The number of hydrogen-bond acceptors (Lipinski definition) is 5. The van der Waals surface area contributed by atoms with Gasteiger partial charge in [0.05, 0.1) is 4.90 Å². The molecule has 0 aromatic heterocycles. The third-order valence-electron chi connectivity index (χ3n) is 2.58. The molecule has 0 radical (unpaired) electrons. The Kier molecular flexibility index (Phi) is 4.94. The first-order valence-electron chi connectivity index (χ1n) is 5.60. The van der Waals surface area contributed by atoms with Crippen LogP contribution >= 0.6 is 0 Å². The number of anilines is 2. The van der Waals surface area contributed by atoms with Crippen LogP contribution in [0.2, 0.25) is 0 Å². The van der Waals surface area contributed by atoms with Gasteiger partial charge in [-0.05, 0) is 31.5 Å². The summed E-state index contributed by atoms with van der Waals surface area (Å²) in [6, 6.07) is 2.90. The van der Waals surface area contributed by atoms with E-state index >= 15 is 0 Å². The highest BCUT2D eigenvalue weighted by Gasteiger charge is 2.16. The summed E-state index contributed by atoms with van der Waals surface area (Å²) in [5.41, 5.74) is 7.08. The Balaban J connectivity index is 3.16. The molecule has 19 heavy (non-hydrogen) atoms. The van der Waals surface area contributed by atoms with E-state index in [1.54, 1.807) is 19.2 Å². The highest BCUT2D eigenvalue weighted by molar-refractivity contribution is 7.89. The zero-order valence-electron chi connectivity index (χ0n) is 11.1. The van der Waals surface area contributed by atoms with Crippen LogP contribution in [0.15, 0.2) is 17.0 Å². The lowest BCUT2D eigenvalue weighted by Gasteiger charge is -2.18. The molecule has 6 nitrogen and oxygen atoms in total. The minimum absolute atomic E-state index is 0.000166. The van der Waals surface area contributed by atoms with Crippen molar-refractivity contribution in [3.63, 3.8) is 0 Å². The number of nitrogens with two attached hydrogens (primary N) is 2. The third kappa shape index (κ3) is 4.48. The maximum Gasteiger partial charge on any atom is 0.238 e. The van der Waals surface area contributed by atoms with Crippen LogP contribution in [0, 0.1) is 6.92 Å². The molecule has 0 aliphatic carbocycles. The molecule has 2 unspecified atom stereocenters. The van der Waals surface area contributed by atoms with Crippen LogP contribution < -0.4 is 16.2 Å². The number of sulfonamides is 1. The van der Waals surface area contributed by atoms with E-state index in [2.05, 4.69) is 5.32 Å². The fourth-order valence-electron chi connectivity index (χ4n) is 1.81.